The van der Waals surface area contributed by atoms with Crippen LogP contribution in [-0.4, -0.2) is 55.5 Å². The van der Waals surface area contributed by atoms with Crippen molar-refractivity contribution < 1.29 is 9.59 Å². The normalized spacial score (nSPS) is 15.8. The number of aryl methyl sites for hydroxylation is 1. The zero-order valence-electron chi connectivity index (χ0n) is 18.3. The van der Waals surface area contributed by atoms with E-state index >= 15 is 0 Å². The molecule has 2 aromatic rings. The van der Waals surface area contributed by atoms with E-state index in [1.165, 1.54) is 17.0 Å². The second kappa shape index (κ2) is 10.1. The third kappa shape index (κ3) is 5.40. The van der Waals surface area contributed by atoms with Crippen molar-refractivity contribution in [2.24, 2.45) is 5.92 Å². The van der Waals surface area contributed by atoms with Gasteiger partial charge in [0.2, 0.25) is 5.91 Å². The number of thiophene rings is 1. The highest BCUT2D eigenvalue weighted by Crippen LogP contribution is 2.24. The molecule has 1 atom stereocenters. The number of amides is 2. The first-order valence-corrected chi connectivity index (χ1v) is 11.5. The maximum absolute atomic E-state index is 12.9. The lowest BCUT2D eigenvalue weighted by molar-refractivity contribution is -0.118. The Hall–Kier alpha value is -2.38. The van der Waals surface area contributed by atoms with E-state index in [1.54, 1.807) is 6.07 Å². The van der Waals surface area contributed by atoms with Gasteiger partial charge in [-0.15, -0.1) is 11.3 Å². The first-order valence-electron chi connectivity index (χ1n) is 10.6. The Labute approximate surface area is 183 Å². The second-order valence-corrected chi connectivity index (χ2v) is 9.03. The molecular formula is C23H32N4O2S. The van der Waals surface area contributed by atoms with Gasteiger partial charge < -0.3 is 20.4 Å². The predicted molar refractivity (Wildman–Crippen MR) is 125 cm³/mol. The van der Waals surface area contributed by atoms with Crippen LogP contribution in [0.15, 0.2) is 35.7 Å². The van der Waals surface area contributed by atoms with Gasteiger partial charge in [-0.3, -0.25) is 9.59 Å². The molecule has 2 amide bonds. The molecular weight excluding hydrogens is 396 g/mol. The van der Waals surface area contributed by atoms with E-state index in [-0.39, 0.29) is 17.7 Å². The first kappa shape index (κ1) is 22.3. The number of nitrogens with one attached hydrogen (secondary N) is 2. The van der Waals surface area contributed by atoms with Crippen molar-refractivity contribution in [1.29, 1.82) is 0 Å². The zero-order valence-corrected chi connectivity index (χ0v) is 19.1. The number of piperazine rings is 1. The average Bonchev–Trinajstić information content (AvgIpc) is 3.28. The fourth-order valence-electron chi connectivity index (χ4n) is 3.67. The van der Waals surface area contributed by atoms with Gasteiger partial charge >= 0.3 is 0 Å². The highest BCUT2D eigenvalue weighted by molar-refractivity contribution is 7.12. The Morgan fingerprint density at radius 1 is 1.13 bits per heavy atom. The molecule has 2 heterocycles. The number of hydrogen-bond acceptors (Lipinski definition) is 5. The van der Waals surface area contributed by atoms with Gasteiger partial charge in [0.1, 0.15) is 6.04 Å². The van der Waals surface area contributed by atoms with Crippen LogP contribution in [0.25, 0.3) is 0 Å². The quantitative estimate of drug-likeness (QED) is 0.707. The van der Waals surface area contributed by atoms with Gasteiger partial charge in [0.25, 0.3) is 5.91 Å². The minimum absolute atomic E-state index is 0.0247. The summed E-state index contributed by atoms with van der Waals surface area (Å²) in [5.41, 5.74) is 2.99. The highest BCUT2D eigenvalue weighted by atomic mass is 32.1. The molecule has 1 saturated heterocycles. The van der Waals surface area contributed by atoms with E-state index in [0.717, 1.165) is 44.0 Å². The summed E-state index contributed by atoms with van der Waals surface area (Å²) in [7, 11) is 0. The van der Waals surface area contributed by atoms with Crippen molar-refractivity contribution in [3.8, 4) is 0 Å². The fraction of sp³-hybridized carbons (Fsp3) is 0.478. The van der Waals surface area contributed by atoms with Crippen molar-refractivity contribution in [3.63, 3.8) is 0 Å². The van der Waals surface area contributed by atoms with Crippen LogP contribution < -0.4 is 15.5 Å². The lowest BCUT2D eigenvalue weighted by atomic mass is 10.0. The number of carbonyl (C=O) groups excluding carboxylic acids is 2. The summed E-state index contributed by atoms with van der Waals surface area (Å²) in [6.45, 7) is 13.4. The summed E-state index contributed by atoms with van der Waals surface area (Å²) in [6, 6.07) is 9.16. The lowest BCUT2D eigenvalue weighted by Crippen LogP contribution is -2.47. The van der Waals surface area contributed by atoms with Crippen LogP contribution in [0.4, 0.5) is 11.4 Å². The van der Waals surface area contributed by atoms with Crippen LogP contribution in [0.5, 0.6) is 0 Å². The third-order valence-electron chi connectivity index (χ3n) is 5.63. The van der Waals surface area contributed by atoms with E-state index in [0.29, 0.717) is 4.88 Å². The van der Waals surface area contributed by atoms with E-state index in [1.807, 2.05) is 38.3 Å². The van der Waals surface area contributed by atoms with Crippen molar-refractivity contribution in [2.75, 3.05) is 42.9 Å². The molecule has 1 aromatic heterocycles. The van der Waals surface area contributed by atoms with Crippen LogP contribution in [0, 0.1) is 12.8 Å². The minimum Gasteiger partial charge on any atom is -0.369 e. The van der Waals surface area contributed by atoms with Gasteiger partial charge in [0.05, 0.1) is 4.88 Å². The van der Waals surface area contributed by atoms with Crippen LogP contribution in [0.1, 0.15) is 36.0 Å². The molecule has 162 valence electrons. The number of anilines is 2. The molecule has 1 aliphatic heterocycles. The van der Waals surface area contributed by atoms with Gasteiger partial charge in [-0.05, 0) is 54.6 Å². The zero-order chi connectivity index (χ0) is 21.7. The molecule has 0 spiro atoms. The number of rotatable bonds is 7. The number of benzene rings is 1. The van der Waals surface area contributed by atoms with Crippen molar-refractivity contribution in [3.05, 3.63) is 46.2 Å². The molecule has 2 N–H and O–H groups in total. The Bertz CT molecular complexity index is 858. The number of carbonyl (C=O) groups is 2. The number of nitrogens with zero attached hydrogens (tertiary/aromatic N) is 2. The molecule has 1 fully saturated rings. The first-order chi connectivity index (χ1) is 14.4. The van der Waals surface area contributed by atoms with Gasteiger partial charge in [-0.2, -0.15) is 0 Å². The molecule has 30 heavy (non-hydrogen) atoms. The molecule has 0 aliphatic carbocycles. The van der Waals surface area contributed by atoms with Crippen molar-refractivity contribution in [1.82, 2.24) is 10.2 Å². The van der Waals surface area contributed by atoms with E-state index in [4.69, 9.17) is 0 Å². The van der Waals surface area contributed by atoms with Crippen molar-refractivity contribution >= 4 is 34.5 Å². The summed E-state index contributed by atoms with van der Waals surface area (Å²) in [5.74, 6) is -0.428. The Morgan fingerprint density at radius 2 is 1.87 bits per heavy atom. The molecule has 0 saturated carbocycles. The molecule has 3 rings (SSSR count). The van der Waals surface area contributed by atoms with E-state index < -0.39 is 6.04 Å². The van der Waals surface area contributed by atoms with Crippen molar-refractivity contribution in [2.45, 2.75) is 33.7 Å². The highest BCUT2D eigenvalue weighted by Gasteiger charge is 2.25. The van der Waals surface area contributed by atoms with Gasteiger partial charge in [0.15, 0.2) is 0 Å². The minimum atomic E-state index is -0.596. The Kier molecular flexibility index (Phi) is 7.50. The maximum Gasteiger partial charge on any atom is 0.262 e. The van der Waals surface area contributed by atoms with Gasteiger partial charge in [-0.1, -0.05) is 26.8 Å². The molecule has 1 aromatic carbocycles. The average molecular weight is 429 g/mol. The van der Waals surface area contributed by atoms with Crippen LogP contribution in [0.2, 0.25) is 0 Å². The van der Waals surface area contributed by atoms with Crippen LogP contribution >= 0.6 is 11.3 Å². The maximum atomic E-state index is 12.9. The molecule has 1 aliphatic rings. The number of hydrogen-bond donors (Lipinski definition) is 2. The third-order valence-corrected chi connectivity index (χ3v) is 6.50. The van der Waals surface area contributed by atoms with Crippen LogP contribution in [-0.2, 0) is 4.79 Å². The Balaban J connectivity index is 1.65. The fourth-order valence-corrected chi connectivity index (χ4v) is 4.30. The number of likely N-dealkylation sites (N-methyl/N-ethyl adjacent to an activating group) is 1. The summed E-state index contributed by atoms with van der Waals surface area (Å²) in [6.07, 6.45) is 0. The molecule has 0 radical (unpaired) electrons. The molecule has 7 heteroatoms. The summed E-state index contributed by atoms with van der Waals surface area (Å²) < 4.78 is 0. The monoisotopic (exact) mass is 428 g/mol. The summed E-state index contributed by atoms with van der Waals surface area (Å²) in [4.78, 5) is 30.8. The lowest BCUT2D eigenvalue weighted by Gasteiger charge is -2.35. The molecule has 0 bridgehead atoms. The predicted octanol–water partition coefficient (Wildman–Crippen LogP) is 3.59. The Morgan fingerprint density at radius 3 is 2.43 bits per heavy atom. The molecule has 1 unspecified atom stereocenters. The van der Waals surface area contributed by atoms with E-state index in [2.05, 4.69) is 39.5 Å². The van der Waals surface area contributed by atoms with Gasteiger partial charge in [0, 0.05) is 37.6 Å². The topological polar surface area (TPSA) is 64.7 Å². The van der Waals surface area contributed by atoms with Gasteiger partial charge in [-0.25, -0.2) is 0 Å². The smallest absolute Gasteiger partial charge is 0.262 e. The second-order valence-electron chi connectivity index (χ2n) is 8.08. The molecule has 6 nitrogen and oxygen atoms in total. The van der Waals surface area contributed by atoms with E-state index in [9.17, 15) is 9.59 Å². The standard InChI is InChI=1S/C23H32N4O2S/c1-5-26-10-12-27(13-11-26)18-8-9-19(17(4)15-18)24-23(29)21(16(2)3)25-22(28)20-7-6-14-30-20/h6-9,14-16,21H,5,10-13H2,1-4H3,(H,24,29)(H,25,28). The summed E-state index contributed by atoms with van der Waals surface area (Å²) >= 11 is 1.37. The largest absolute Gasteiger partial charge is 0.369 e. The van der Waals surface area contributed by atoms with Crippen LogP contribution in [0.3, 0.4) is 0 Å². The summed E-state index contributed by atoms with van der Waals surface area (Å²) in [5, 5.41) is 7.74. The SMILES string of the molecule is CCN1CCN(c2ccc(NC(=O)C(NC(=O)c3cccs3)C(C)C)c(C)c2)CC1.